The molecule has 0 aliphatic heterocycles. The van der Waals surface area contributed by atoms with Crippen LogP contribution in [-0.2, 0) is 4.79 Å². The minimum Gasteiger partial charge on any atom is -0.494 e. The van der Waals surface area contributed by atoms with Crippen molar-refractivity contribution in [2.45, 2.75) is 12.8 Å². The molecule has 0 saturated heterocycles. The fourth-order valence-electron chi connectivity index (χ4n) is 1.73. The molecule has 5 heteroatoms. The van der Waals surface area contributed by atoms with E-state index in [1.54, 1.807) is 36.4 Å². The van der Waals surface area contributed by atoms with Crippen LogP contribution in [0.5, 0.6) is 5.75 Å². The Morgan fingerprint density at radius 1 is 1.14 bits per heavy atom. The van der Waals surface area contributed by atoms with Gasteiger partial charge in [0, 0.05) is 6.42 Å². The molecule has 0 radical (unpaired) electrons. The number of amides is 1. The number of hydrogen-bond donors (Lipinski definition) is 1. The summed E-state index contributed by atoms with van der Waals surface area (Å²) in [5, 5.41) is 3.25. The molecule has 1 amide bonds. The molecule has 0 saturated carbocycles. The molecular weight excluding hydrogens is 293 g/mol. The molecule has 0 aromatic heterocycles. The molecule has 0 atom stereocenters. The lowest BCUT2D eigenvalue weighted by molar-refractivity contribution is -0.116. The van der Waals surface area contributed by atoms with Crippen molar-refractivity contribution in [2.24, 2.45) is 0 Å². The van der Waals surface area contributed by atoms with Crippen molar-refractivity contribution >= 4 is 23.2 Å². The largest absolute Gasteiger partial charge is 0.494 e. The number of hydrogen-bond acceptors (Lipinski definition) is 2. The zero-order valence-corrected chi connectivity index (χ0v) is 12.1. The Bertz CT molecular complexity index is 601. The summed E-state index contributed by atoms with van der Waals surface area (Å²) in [6, 6.07) is 12.8. The number of para-hydroxylation sites is 1. The molecule has 0 fully saturated rings. The maximum Gasteiger partial charge on any atom is 0.224 e. The maximum absolute atomic E-state index is 12.7. The van der Waals surface area contributed by atoms with Crippen LogP contribution in [0.4, 0.5) is 10.1 Å². The average Bonchev–Trinajstić information content (AvgIpc) is 2.48. The van der Waals surface area contributed by atoms with E-state index in [2.05, 4.69) is 5.32 Å². The molecule has 0 aliphatic carbocycles. The molecule has 0 unspecified atom stereocenters. The van der Waals surface area contributed by atoms with Crippen LogP contribution >= 0.6 is 11.6 Å². The molecule has 0 bridgehead atoms. The van der Waals surface area contributed by atoms with E-state index in [0.29, 0.717) is 35.9 Å². The van der Waals surface area contributed by atoms with Crippen LogP contribution < -0.4 is 10.1 Å². The number of benzene rings is 2. The second kappa shape index (κ2) is 7.64. The number of carbonyl (C=O) groups is 1. The smallest absolute Gasteiger partial charge is 0.224 e. The molecule has 21 heavy (non-hydrogen) atoms. The first-order valence-corrected chi connectivity index (χ1v) is 6.96. The molecule has 2 rings (SSSR count). The topological polar surface area (TPSA) is 38.3 Å². The lowest BCUT2D eigenvalue weighted by Crippen LogP contribution is -2.13. The van der Waals surface area contributed by atoms with Gasteiger partial charge in [0.25, 0.3) is 0 Å². The van der Waals surface area contributed by atoms with Gasteiger partial charge < -0.3 is 10.1 Å². The van der Waals surface area contributed by atoms with Crippen LogP contribution in [0.15, 0.2) is 48.5 Å². The summed E-state index contributed by atoms with van der Waals surface area (Å²) >= 11 is 5.95. The van der Waals surface area contributed by atoms with E-state index in [9.17, 15) is 9.18 Å². The first-order valence-electron chi connectivity index (χ1n) is 6.58. The van der Waals surface area contributed by atoms with Crippen LogP contribution in [0.1, 0.15) is 12.8 Å². The van der Waals surface area contributed by atoms with E-state index < -0.39 is 0 Å². The molecule has 0 heterocycles. The zero-order valence-electron chi connectivity index (χ0n) is 11.3. The van der Waals surface area contributed by atoms with Gasteiger partial charge in [-0.25, -0.2) is 4.39 Å². The Balaban J connectivity index is 1.70. The first-order chi connectivity index (χ1) is 10.1. The number of carbonyl (C=O) groups excluding carboxylic acids is 1. The predicted octanol–water partition coefficient (Wildman–Crippen LogP) is 4.28. The van der Waals surface area contributed by atoms with Gasteiger partial charge in [-0.3, -0.25) is 4.79 Å². The van der Waals surface area contributed by atoms with E-state index in [1.165, 1.54) is 12.1 Å². The summed E-state index contributed by atoms with van der Waals surface area (Å²) < 4.78 is 18.1. The summed E-state index contributed by atoms with van der Waals surface area (Å²) in [6.45, 7) is 0.390. The van der Waals surface area contributed by atoms with E-state index in [1.807, 2.05) is 0 Å². The van der Waals surface area contributed by atoms with Crippen molar-refractivity contribution in [1.82, 2.24) is 0 Å². The van der Waals surface area contributed by atoms with Gasteiger partial charge in [-0.15, -0.1) is 0 Å². The van der Waals surface area contributed by atoms with Gasteiger partial charge in [-0.2, -0.15) is 0 Å². The quantitative estimate of drug-likeness (QED) is 0.809. The van der Waals surface area contributed by atoms with Gasteiger partial charge in [0.1, 0.15) is 11.6 Å². The summed E-state index contributed by atoms with van der Waals surface area (Å²) in [6.07, 6.45) is 0.889. The van der Waals surface area contributed by atoms with E-state index in [4.69, 9.17) is 16.3 Å². The third kappa shape index (κ3) is 5.08. The Morgan fingerprint density at radius 3 is 2.57 bits per heavy atom. The molecule has 0 aliphatic rings. The van der Waals surface area contributed by atoms with Gasteiger partial charge >= 0.3 is 0 Å². The Kier molecular flexibility index (Phi) is 5.58. The lowest BCUT2D eigenvalue weighted by atomic mass is 10.2. The standard InChI is InChI=1S/C16H15ClFNO2/c17-14-4-1-2-5-15(14)19-16(20)6-3-11-21-13-9-7-12(18)8-10-13/h1-2,4-5,7-10H,3,6,11H2,(H,19,20). The monoisotopic (exact) mass is 307 g/mol. The molecule has 0 spiro atoms. The van der Waals surface area contributed by atoms with Crippen molar-refractivity contribution in [3.05, 3.63) is 59.4 Å². The van der Waals surface area contributed by atoms with Crippen molar-refractivity contribution in [2.75, 3.05) is 11.9 Å². The van der Waals surface area contributed by atoms with Crippen LogP contribution in [0.2, 0.25) is 5.02 Å². The Hall–Kier alpha value is -2.07. The normalized spacial score (nSPS) is 10.2. The number of ether oxygens (including phenoxy) is 1. The Morgan fingerprint density at radius 2 is 1.86 bits per heavy atom. The third-order valence-corrected chi connectivity index (χ3v) is 3.11. The molecule has 3 nitrogen and oxygen atoms in total. The number of halogens is 2. The summed E-state index contributed by atoms with van der Waals surface area (Å²) in [5.41, 5.74) is 0.601. The summed E-state index contributed by atoms with van der Waals surface area (Å²) in [4.78, 5) is 11.7. The molecule has 110 valence electrons. The van der Waals surface area contributed by atoms with E-state index >= 15 is 0 Å². The third-order valence-electron chi connectivity index (χ3n) is 2.78. The number of nitrogens with one attached hydrogen (secondary N) is 1. The van der Waals surface area contributed by atoms with Crippen LogP contribution in [0.3, 0.4) is 0 Å². The molecule has 2 aromatic carbocycles. The van der Waals surface area contributed by atoms with E-state index in [-0.39, 0.29) is 11.7 Å². The predicted molar refractivity (Wildman–Crippen MR) is 81.2 cm³/mol. The van der Waals surface area contributed by atoms with Gasteiger partial charge in [0.05, 0.1) is 17.3 Å². The van der Waals surface area contributed by atoms with Crippen molar-refractivity contribution in [3.63, 3.8) is 0 Å². The first kappa shape index (κ1) is 15.3. The lowest BCUT2D eigenvalue weighted by Gasteiger charge is -2.08. The maximum atomic E-state index is 12.7. The van der Waals surface area contributed by atoms with E-state index in [0.717, 1.165) is 0 Å². The molecule has 1 N–H and O–H groups in total. The fraction of sp³-hybridized carbons (Fsp3) is 0.188. The second-order valence-electron chi connectivity index (χ2n) is 4.43. The van der Waals surface area contributed by atoms with Crippen LogP contribution in [0.25, 0.3) is 0 Å². The van der Waals surface area contributed by atoms with Crippen LogP contribution in [0, 0.1) is 5.82 Å². The van der Waals surface area contributed by atoms with Crippen molar-refractivity contribution in [3.8, 4) is 5.75 Å². The van der Waals surface area contributed by atoms with Gasteiger partial charge in [0.2, 0.25) is 5.91 Å². The number of rotatable bonds is 6. The van der Waals surface area contributed by atoms with Gasteiger partial charge in [-0.1, -0.05) is 23.7 Å². The second-order valence-corrected chi connectivity index (χ2v) is 4.84. The average molecular weight is 308 g/mol. The molecule has 2 aromatic rings. The van der Waals surface area contributed by atoms with Crippen molar-refractivity contribution in [1.29, 1.82) is 0 Å². The fourth-order valence-corrected chi connectivity index (χ4v) is 1.91. The minimum absolute atomic E-state index is 0.120. The van der Waals surface area contributed by atoms with Gasteiger partial charge in [-0.05, 0) is 42.8 Å². The highest BCUT2D eigenvalue weighted by atomic mass is 35.5. The Labute approximate surface area is 127 Å². The zero-order chi connectivity index (χ0) is 15.1. The highest BCUT2D eigenvalue weighted by Gasteiger charge is 2.05. The number of anilines is 1. The van der Waals surface area contributed by atoms with Crippen molar-refractivity contribution < 1.29 is 13.9 Å². The van der Waals surface area contributed by atoms with Crippen LogP contribution in [-0.4, -0.2) is 12.5 Å². The molecular formula is C16H15ClFNO2. The summed E-state index contributed by atoms with van der Waals surface area (Å²) in [5.74, 6) is 0.162. The highest BCUT2D eigenvalue weighted by Crippen LogP contribution is 2.20. The SMILES string of the molecule is O=C(CCCOc1ccc(F)cc1)Nc1ccccc1Cl. The summed E-state index contributed by atoms with van der Waals surface area (Å²) in [7, 11) is 0. The minimum atomic E-state index is -0.304. The van der Waals surface area contributed by atoms with Gasteiger partial charge in [0.15, 0.2) is 0 Å². The highest BCUT2D eigenvalue weighted by molar-refractivity contribution is 6.33.